The molecule has 0 spiro atoms. The van der Waals surface area contributed by atoms with Gasteiger partial charge in [0.05, 0.1) is 0 Å². The van der Waals surface area contributed by atoms with Crippen LogP contribution in [0.3, 0.4) is 0 Å². The van der Waals surface area contributed by atoms with Crippen molar-refractivity contribution in [3.63, 3.8) is 0 Å². The van der Waals surface area contributed by atoms with Gasteiger partial charge in [0.25, 0.3) is 0 Å². The van der Waals surface area contributed by atoms with Crippen LogP contribution in [0, 0.1) is 0 Å². The Morgan fingerprint density at radius 3 is 2.40 bits per heavy atom. The number of likely N-dealkylation sites (tertiary alicyclic amines) is 1. The molecule has 1 heterocycles. The molecule has 0 unspecified atom stereocenters. The molecule has 1 rings (SSSR count). The minimum atomic E-state index is 0.208. The van der Waals surface area contributed by atoms with Gasteiger partial charge in [-0.25, -0.2) is 0 Å². The second-order valence-corrected chi connectivity index (χ2v) is 1.87. The standard InChI is InChI=1S/C6H9NO.H2O2/c1-2-7-5-3-4-6(7)8;1-2/h2H,1,3-5H2;1-2H. The van der Waals surface area contributed by atoms with Crippen molar-refractivity contribution in [3.8, 4) is 0 Å². The fourth-order valence-electron chi connectivity index (χ4n) is 0.862. The molecule has 1 amide bonds. The molecule has 1 fully saturated rings. The van der Waals surface area contributed by atoms with Gasteiger partial charge in [-0.1, -0.05) is 6.58 Å². The van der Waals surface area contributed by atoms with Gasteiger partial charge < -0.3 is 4.90 Å². The summed E-state index contributed by atoms with van der Waals surface area (Å²) in [6, 6.07) is 0. The number of nitrogens with zero attached hydrogens (tertiary/aromatic N) is 1. The highest BCUT2D eigenvalue weighted by Gasteiger charge is 2.15. The lowest BCUT2D eigenvalue weighted by Crippen LogP contribution is -2.16. The van der Waals surface area contributed by atoms with Gasteiger partial charge in [0, 0.05) is 13.0 Å². The summed E-state index contributed by atoms with van der Waals surface area (Å²) in [5.41, 5.74) is 0. The van der Waals surface area contributed by atoms with Gasteiger partial charge in [0.15, 0.2) is 0 Å². The van der Waals surface area contributed by atoms with Crippen molar-refractivity contribution in [1.82, 2.24) is 4.90 Å². The van der Waals surface area contributed by atoms with Crippen LogP contribution >= 0.6 is 0 Å². The van der Waals surface area contributed by atoms with Crippen LogP contribution < -0.4 is 0 Å². The van der Waals surface area contributed by atoms with E-state index in [4.69, 9.17) is 10.5 Å². The molecule has 0 aromatic heterocycles. The average Bonchev–Trinajstić information content (AvgIpc) is 2.39. The van der Waals surface area contributed by atoms with E-state index < -0.39 is 0 Å². The number of hydrogen-bond acceptors (Lipinski definition) is 3. The van der Waals surface area contributed by atoms with E-state index >= 15 is 0 Å². The van der Waals surface area contributed by atoms with E-state index in [2.05, 4.69) is 6.58 Å². The van der Waals surface area contributed by atoms with Crippen molar-refractivity contribution in [2.24, 2.45) is 0 Å². The van der Waals surface area contributed by atoms with Crippen LogP contribution in [0.1, 0.15) is 12.8 Å². The van der Waals surface area contributed by atoms with Crippen LogP contribution in [0.15, 0.2) is 12.8 Å². The SMILES string of the molecule is C=CN1CCCC1=O.OO. The average molecular weight is 145 g/mol. The normalized spacial score (nSPS) is 16.2. The second-order valence-electron chi connectivity index (χ2n) is 1.87. The summed E-state index contributed by atoms with van der Waals surface area (Å²) in [5, 5.41) is 12.0. The first-order chi connectivity index (χ1) is 4.84. The molecular weight excluding hydrogens is 134 g/mol. The van der Waals surface area contributed by atoms with Crippen LogP contribution in [0.5, 0.6) is 0 Å². The molecule has 0 atom stereocenters. The lowest BCUT2D eigenvalue weighted by Gasteiger charge is -2.05. The molecule has 1 saturated heterocycles. The Balaban J connectivity index is 0.000000371. The molecule has 2 N–H and O–H groups in total. The smallest absolute Gasteiger partial charge is 0.226 e. The van der Waals surface area contributed by atoms with E-state index in [1.165, 1.54) is 0 Å². The van der Waals surface area contributed by atoms with Crippen molar-refractivity contribution in [1.29, 1.82) is 0 Å². The first kappa shape index (κ1) is 9.13. The fourth-order valence-corrected chi connectivity index (χ4v) is 0.862. The van der Waals surface area contributed by atoms with E-state index in [9.17, 15) is 4.79 Å². The van der Waals surface area contributed by atoms with Gasteiger partial charge in [-0.15, -0.1) is 0 Å². The minimum absolute atomic E-state index is 0.208. The largest absolute Gasteiger partial charge is 0.320 e. The van der Waals surface area contributed by atoms with Crippen molar-refractivity contribution in [2.75, 3.05) is 6.54 Å². The Hall–Kier alpha value is -0.870. The van der Waals surface area contributed by atoms with E-state index in [0.29, 0.717) is 6.42 Å². The zero-order chi connectivity index (χ0) is 7.98. The van der Waals surface area contributed by atoms with Crippen LogP contribution in [-0.2, 0) is 4.79 Å². The van der Waals surface area contributed by atoms with Crippen LogP contribution in [-0.4, -0.2) is 27.9 Å². The monoisotopic (exact) mass is 145 g/mol. The fraction of sp³-hybridized carbons (Fsp3) is 0.500. The lowest BCUT2D eigenvalue weighted by molar-refractivity contribution is -0.176. The highest BCUT2D eigenvalue weighted by atomic mass is 17.0. The summed E-state index contributed by atoms with van der Waals surface area (Å²) in [7, 11) is 0. The predicted octanol–water partition coefficient (Wildman–Crippen LogP) is 0.770. The molecule has 10 heavy (non-hydrogen) atoms. The van der Waals surface area contributed by atoms with E-state index in [1.807, 2.05) is 0 Å². The van der Waals surface area contributed by atoms with Crippen molar-refractivity contribution in [3.05, 3.63) is 12.8 Å². The summed E-state index contributed by atoms with van der Waals surface area (Å²) in [6.07, 6.45) is 3.28. The second kappa shape index (κ2) is 4.96. The van der Waals surface area contributed by atoms with E-state index in [-0.39, 0.29) is 5.91 Å². The third kappa shape index (κ3) is 2.16. The van der Waals surface area contributed by atoms with Crippen LogP contribution in [0.25, 0.3) is 0 Å². The maximum Gasteiger partial charge on any atom is 0.226 e. The summed E-state index contributed by atoms with van der Waals surface area (Å²) in [5.74, 6) is 0.208. The predicted molar refractivity (Wildman–Crippen MR) is 36.4 cm³/mol. The first-order valence-electron chi connectivity index (χ1n) is 2.96. The molecule has 58 valence electrons. The van der Waals surface area contributed by atoms with E-state index in [1.54, 1.807) is 11.1 Å². The number of rotatable bonds is 1. The van der Waals surface area contributed by atoms with Gasteiger partial charge in [-0.05, 0) is 12.6 Å². The number of hydrogen-bond donors (Lipinski definition) is 2. The number of amides is 1. The quantitative estimate of drug-likeness (QED) is 0.423. The molecule has 0 aromatic carbocycles. The van der Waals surface area contributed by atoms with E-state index in [0.717, 1.165) is 13.0 Å². The summed E-state index contributed by atoms with van der Waals surface area (Å²) >= 11 is 0. The van der Waals surface area contributed by atoms with Gasteiger partial charge in [0.1, 0.15) is 0 Å². The Morgan fingerprint density at radius 1 is 1.60 bits per heavy atom. The Morgan fingerprint density at radius 2 is 2.20 bits per heavy atom. The van der Waals surface area contributed by atoms with Crippen LogP contribution in [0.2, 0.25) is 0 Å². The Kier molecular flexibility index (Phi) is 4.53. The first-order valence-corrected chi connectivity index (χ1v) is 2.96. The zero-order valence-corrected chi connectivity index (χ0v) is 5.66. The lowest BCUT2D eigenvalue weighted by atomic mass is 10.4. The summed E-state index contributed by atoms with van der Waals surface area (Å²) in [4.78, 5) is 12.3. The van der Waals surface area contributed by atoms with Crippen molar-refractivity contribution < 1.29 is 15.3 Å². The Labute approximate surface area is 59.3 Å². The van der Waals surface area contributed by atoms with Gasteiger partial charge in [0.2, 0.25) is 5.91 Å². The highest BCUT2D eigenvalue weighted by Crippen LogP contribution is 2.08. The molecule has 0 saturated carbocycles. The van der Waals surface area contributed by atoms with Crippen molar-refractivity contribution >= 4 is 5.91 Å². The van der Waals surface area contributed by atoms with Gasteiger partial charge in [-0.2, -0.15) is 0 Å². The molecule has 0 aromatic rings. The highest BCUT2D eigenvalue weighted by molar-refractivity contribution is 5.78. The Bertz CT molecular complexity index is 124. The molecule has 4 nitrogen and oxygen atoms in total. The summed E-state index contributed by atoms with van der Waals surface area (Å²) < 4.78 is 0. The molecule has 4 heteroatoms. The van der Waals surface area contributed by atoms with Crippen LogP contribution in [0.4, 0.5) is 0 Å². The molecule has 0 aliphatic carbocycles. The van der Waals surface area contributed by atoms with Crippen molar-refractivity contribution in [2.45, 2.75) is 12.8 Å². The topological polar surface area (TPSA) is 60.8 Å². The third-order valence-electron chi connectivity index (χ3n) is 1.33. The summed E-state index contributed by atoms with van der Waals surface area (Å²) in [6.45, 7) is 4.36. The van der Waals surface area contributed by atoms with Gasteiger partial charge in [-0.3, -0.25) is 15.3 Å². The maximum atomic E-state index is 10.7. The third-order valence-corrected chi connectivity index (χ3v) is 1.33. The zero-order valence-electron chi connectivity index (χ0n) is 5.66. The molecule has 0 radical (unpaired) electrons. The maximum absolute atomic E-state index is 10.7. The molecule has 1 aliphatic rings. The molecule has 1 aliphatic heterocycles. The molecular formula is C6H11NO3. The molecule has 0 bridgehead atoms. The van der Waals surface area contributed by atoms with Gasteiger partial charge >= 0.3 is 0 Å². The minimum Gasteiger partial charge on any atom is -0.320 e. The number of carbonyl (C=O) groups is 1. The number of carbonyl (C=O) groups excluding carboxylic acids is 1.